The Kier molecular flexibility index (Phi) is 6.33. The van der Waals surface area contributed by atoms with Crippen LogP contribution in [0.25, 0.3) is 0 Å². The highest BCUT2D eigenvalue weighted by Gasteiger charge is 2.33. The molecule has 1 aromatic carbocycles. The van der Waals surface area contributed by atoms with Crippen LogP contribution in [0.15, 0.2) is 18.2 Å². The molecule has 0 aliphatic heterocycles. The summed E-state index contributed by atoms with van der Waals surface area (Å²) in [6.07, 6.45) is -4.35. The number of carbonyl (C=O) groups is 1. The third-order valence-electron chi connectivity index (χ3n) is 3.06. The van der Waals surface area contributed by atoms with Crippen molar-refractivity contribution in [1.29, 1.82) is 0 Å². The van der Waals surface area contributed by atoms with Gasteiger partial charge < -0.3 is 10.2 Å². The van der Waals surface area contributed by atoms with Crippen molar-refractivity contribution in [3.05, 3.63) is 28.8 Å². The van der Waals surface area contributed by atoms with Crippen molar-refractivity contribution in [1.82, 2.24) is 4.90 Å². The number of nitrogens with zero attached hydrogens (tertiary/aromatic N) is 1. The highest BCUT2D eigenvalue weighted by molar-refractivity contribution is 6.30. The Morgan fingerprint density at radius 2 is 1.90 bits per heavy atom. The van der Waals surface area contributed by atoms with E-state index in [-0.39, 0.29) is 29.6 Å². The summed E-state index contributed by atoms with van der Waals surface area (Å²) in [4.78, 5) is 13.4. The average molecular weight is 323 g/mol. The summed E-state index contributed by atoms with van der Waals surface area (Å²) in [6, 6.07) is 3.52. The number of hydrogen-bond donors (Lipinski definition) is 1. The van der Waals surface area contributed by atoms with Crippen LogP contribution < -0.4 is 5.32 Å². The molecule has 1 rings (SSSR count). The summed E-state index contributed by atoms with van der Waals surface area (Å²) in [7, 11) is 0. The third kappa shape index (κ3) is 5.12. The number of hydrogen-bond acceptors (Lipinski definition) is 2. The number of amides is 1. The number of halogens is 4. The van der Waals surface area contributed by atoms with Crippen LogP contribution in [0.1, 0.15) is 25.8 Å². The van der Waals surface area contributed by atoms with Crippen LogP contribution >= 0.6 is 11.6 Å². The first-order valence-corrected chi connectivity index (χ1v) is 7.05. The Morgan fingerprint density at radius 1 is 1.29 bits per heavy atom. The molecule has 0 fully saturated rings. The SMILES string of the molecule is CCN(CC)C(=O)CCNc1ccc(Cl)cc1C(F)(F)F. The molecule has 3 nitrogen and oxygen atoms in total. The molecule has 0 unspecified atom stereocenters. The van der Waals surface area contributed by atoms with Crippen molar-refractivity contribution in [2.75, 3.05) is 25.0 Å². The van der Waals surface area contributed by atoms with Gasteiger partial charge in [0.2, 0.25) is 5.91 Å². The van der Waals surface area contributed by atoms with Crippen LogP contribution in [0, 0.1) is 0 Å². The molecule has 1 amide bonds. The lowest BCUT2D eigenvalue weighted by Crippen LogP contribution is -2.31. The van der Waals surface area contributed by atoms with E-state index in [0.717, 1.165) is 6.07 Å². The summed E-state index contributed by atoms with van der Waals surface area (Å²) in [5.74, 6) is -0.0879. The zero-order valence-corrected chi connectivity index (χ0v) is 12.7. The van der Waals surface area contributed by atoms with E-state index in [1.807, 2.05) is 13.8 Å². The van der Waals surface area contributed by atoms with E-state index in [0.29, 0.717) is 13.1 Å². The Bertz CT molecular complexity index is 488. The number of rotatable bonds is 6. The first-order chi connectivity index (χ1) is 9.79. The molecule has 118 valence electrons. The molecule has 7 heteroatoms. The molecule has 1 aromatic rings. The van der Waals surface area contributed by atoms with Crippen molar-refractivity contribution in [3.8, 4) is 0 Å². The molecule has 0 aliphatic rings. The second-order valence-corrected chi connectivity index (χ2v) is 4.87. The quantitative estimate of drug-likeness (QED) is 0.857. The van der Waals surface area contributed by atoms with Gasteiger partial charge in [-0.25, -0.2) is 0 Å². The highest BCUT2D eigenvalue weighted by atomic mass is 35.5. The summed E-state index contributed by atoms with van der Waals surface area (Å²) >= 11 is 5.60. The molecule has 0 bridgehead atoms. The third-order valence-corrected chi connectivity index (χ3v) is 3.29. The normalized spacial score (nSPS) is 11.3. The van der Waals surface area contributed by atoms with Crippen LogP contribution in [-0.2, 0) is 11.0 Å². The second kappa shape index (κ2) is 7.54. The molecule has 0 atom stereocenters. The van der Waals surface area contributed by atoms with Gasteiger partial charge in [-0.1, -0.05) is 11.6 Å². The molecular weight excluding hydrogens is 305 g/mol. The van der Waals surface area contributed by atoms with Crippen molar-refractivity contribution >= 4 is 23.2 Å². The summed E-state index contributed by atoms with van der Waals surface area (Å²) < 4.78 is 38.6. The first kappa shape index (κ1) is 17.6. The molecule has 0 spiro atoms. The molecular formula is C14H18ClF3N2O. The minimum absolute atomic E-state index is 0.0205. The molecule has 0 aromatic heterocycles. The van der Waals surface area contributed by atoms with Gasteiger partial charge in [0.25, 0.3) is 0 Å². The Hall–Kier alpha value is -1.43. The maximum atomic E-state index is 12.9. The van der Waals surface area contributed by atoms with Crippen molar-refractivity contribution in [2.45, 2.75) is 26.4 Å². The summed E-state index contributed by atoms with van der Waals surface area (Å²) in [5, 5.41) is 2.68. The number of benzene rings is 1. The van der Waals surface area contributed by atoms with Crippen molar-refractivity contribution < 1.29 is 18.0 Å². The molecule has 0 aliphatic carbocycles. The van der Waals surface area contributed by atoms with Gasteiger partial charge in [-0.3, -0.25) is 4.79 Å². The van der Waals surface area contributed by atoms with E-state index in [4.69, 9.17) is 11.6 Å². The molecule has 0 radical (unpaired) electrons. The predicted octanol–water partition coefficient (Wildman–Crippen LogP) is 4.03. The van der Waals surface area contributed by atoms with Crippen LogP contribution in [0.3, 0.4) is 0 Å². The molecule has 21 heavy (non-hydrogen) atoms. The molecule has 1 N–H and O–H groups in total. The van der Waals surface area contributed by atoms with Crippen LogP contribution in [-0.4, -0.2) is 30.4 Å². The minimum Gasteiger partial charge on any atom is -0.384 e. The Morgan fingerprint density at radius 3 is 2.43 bits per heavy atom. The maximum Gasteiger partial charge on any atom is 0.418 e. The van der Waals surface area contributed by atoms with Crippen molar-refractivity contribution in [3.63, 3.8) is 0 Å². The van der Waals surface area contributed by atoms with Gasteiger partial charge in [-0.15, -0.1) is 0 Å². The summed E-state index contributed by atoms with van der Waals surface area (Å²) in [5.41, 5.74) is -0.899. The van der Waals surface area contributed by atoms with E-state index < -0.39 is 11.7 Å². The largest absolute Gasteiger partial charge is 0.418 e. The van der Waals surface area contributed by atoms with Gasteiger partial charge in [0, 0.05) is 36.8 Å². The predicted molar refractivity (Wildman–Crippen MR) is 77.5 cm³/mol. The fourth-order valence-electron chi connectivity index (χ4n) is 1.94. The van der Waals surface area contributed by atoms with Gasteiger partial charge in [-0.05, 0) is 32.0 Å². The highest BCUT2D eigenvalue weighted by Crippen LogP contribution is 2.36. The van der Waals surface area contributed by atoms with Gasteiger partial charge >= 0.3 is 6.18 Å². The molecule has 0 saturated carbocycles. The van der Waals surface area contributed by atoms with Gasteiger partial charge in [0.15, 0.2) is 0 Å². The standard InChI is InChI=1S/C14H18ClF3N2O/c1-3-20(4-2)13(21)7-8-19-12-6-5-10(15)9-11(12)14(16,17)18/h5-6,9,19H,3-4,7-8H2,1-2H3. The Balaban J connectivity index is 2.70. The smallest absolute Gasteiger partial charge is 0.384 e. The number of alkyl halides is 3. The Labute approximate surface area is 127 Å². The number of anilines is 1. The van der Waals surface area contributed by atoms with E-state index in [1.165, 1.54) is 12.1 Å². The molecule has 0 saturated heterocycles. The fourth-order valence-corrected chi connectivity index (χ4v) is 2.12. The van der Waals surface area contributed by atoms with E-state index in [2.05, 4.69) is 5.32 Å². The van der Waals surface area contributed by atoms with Gasteiger partial charge in [0.05, 0.1) is 5.56 Å². The molecule has 0 heterocycles. The fraction of sp³-hybridized carbons (Fsp3) is 0.500. The number of nitrogens with one attached hydrogen (secondary N) is 1. The van der Waals surface area contributed by atoms with E-state index in [1.54, 1.807) is 4.90 Å². The van der Waals surface area contributed by atoms with Gasteiger partial charge in [-0.2, -0.15) is 13.2 Å². The second-order valence-electron chi connectivity index (χ2n) is 4.43. The lowest BCUT2D eigenvalue weighted by atomic mass is 10.1. The lowest BCUT2D eigenvalue weighted by molar-refractivity contribution is -0.137. The van der Waals surface area contributed by atoms with Crippen LogP contribution in [0.4, 0.5) is 18.9 Å². The monoisotopic (exact) mass is 322 g/mol. The van der Waals surface area contributed by atoms with Gasteiger partial charge in [0.1, 0.15) is 0 Å². The first-order valence-electron chi connectivity index (χ1n) is 6.68. The topological polar surface area (TPSA) is 32.3 Å². The summed E-state index contributed by atoms with van der Waals surface area (Å²) in [6.45, 7) is 5.03. The minimum atomic E-state index is -4.49. The maximum absolute atomic E-state index is 12.9. The van der Waals surface area contributed by atoms with Crippen LogP contribution in [0.2, 0.25) is 5.02 Å². The van der Waals surface area contributed by atoms with E-state index >= 15 is 0 Å². The lowest BCUT2D eigenvalue weighted by Gasteiger charge is -2.19. The van der Waals surface area contributed by atoms with Crippen molar-refractivity contribution in [2.24, 2.45) is 0 Å². The van der Waals surface area contributed by atoms with E-state index in [9.17, 15) is 18.0 Å². The average Bonchev–Trinajstić information content (AvgIpc) is 2.40. The van der Waals surface area contributed by atoms with Crippen LogP contribution in [0.5, 0.6) is 0 Å². The zero-order valence-electron chi connectivity index (χ0n) is 11.9. The number of carbonyl (C=O) groups excluding carboxylic acids is 1. The zero-order chi connectivity index (χ0) is 16.0.